The van der Waals surface area contributed by atoms with Crippen molar-refractivity contribution in [2.24, 2.45) is 22.9 Å². The molecule has 7 atom stereocenters. The van der Waals surface area contributed by atoms with E-state index in [1.165, 1.54) is 44.9 Å². The number of carbonyl (C=O) groups excluding carboxylic acids is 2. The van der Waals surface area contributed by atoms with Crippen molar-refractivity contribution in [3.8, 4) is 23.0 Å². The van der Waals surface area contributed by atoms with Crippen molar-refractivity contribution >= 4 is 29.5 Å². The lowest BCUT2D eigenvalue weighted by molar-refractivity contribution is -0.256. The second-order valence-corrected chi connectivity index (χ2v) is 20.2. The number of unbranched alkanes of at least 4 members (excludes halogenated alkanes) is 11. The van der Waals surface area contributed by atoms with E-state index in [2.05, 4.69) is 24.9 Å². The number of amides is 2. The van der Waals surface area contributed by atoms with Gasteiger partial charge < -0.3 is 53.5 Å². The van der Waals surface area contributed by atoms with E-state index in [0.29, 0.717) is 61.1 Å². The lowest BCUT2D eigenvalue weighted by atomic mass is 9.55. The molecule has 3 aliphatic heterocycles. The molecule has 0 bridgehead atoms. The van der Waals surface area contributed by atoms with Crippen LogP contribution in [0, 0.1) is 17.8 Å². The van der Waals surface area contributed by atoms with Crippen molar-refractivity contribution in [1.82, 2.24) is 10.2 Å². The Labute approximate surface area is 431 Å². The van der Waals surface area contributed by atoms with Crippen LogP contribution in [0.1, 0.15) is 152 Å². The van der Waals surface area contributed by atoms with Gasteiger partial charge in [-0.15, -0.1) is 18.2 Å². The zero-order valence-corrected chi connectivity index (χ0v) is 43.3. The minimum Gasteiger partial charge on any atom is -0.459 e. The molecule has 0 aromatic heterocycles. The molecule has 16 heteroatoms. The van der Waals surface area contributed by atoms with Crippen LogP contribution < -0.4 is 24.3 Å². The van der Waals surface area contributed by atoms with Gasteiger partial charge in [0.25, 0.3) is 0 Å². The highest BCUT2D eigenvalue weighted by atomic mass is 35.5. The highest BCUT2D eigenvalue weighted by Gasteiger charge is 2.66. The minimum absolute atomic E-state index is 0.00502. The van der Waals surface area contributed by atoms with Crippen LogP contribution in [0.15, 0.2) is 65.9 Å². The summed E-state index contributed by atoms with van der Waals surface area (Å²) >= 11 is 6.16. The highest BCUT2D eigenvalue weighted by Crippen LogP contribution is 2.62. The monoisotopic (exact) mass is 1020 g/mol. The maximum absolute atomic E-state index is 14.8. The normalized spacial score (nSPS) is 24.3. The van der Waals surface area contributed by atoms with Crippen LogP contribution in [-0.4, -0.2) is 103 Å². The number of oxime groups is 1. The van der Waals surface area contributed by atoms with E-state index in [9.17, 15) is 19.8 Å². The van der Waals surface area contributed by atoms with Gasteiger partial charge in [-0.25, -0.2) is 9.59 Å². The average Bonchev–Trinajstić information content (AvgIpc) is 3.87. The molecule has 1 saturated heterocycles. The number of aliphatic hydroxyl groups excluding tert-OH is 2. The van der Waals surface area contributed by atoms with E-state index in [0.717, 1.165) is 74.5 Å². The number of halogens is 1. The third kappa shape index (κ3) is 14.4. The topological polar surface area (TPSA) is 176 Å². The number of hydrogen-bond acceptors (Lipinski definition) is 13. The second-order valence-electron chi connectivity index (χ2n) is 19.8. The zero-order chi connectivity index (χ0) is 50.5. The van der Waals surface area contributed by atoms with Crippen LogP contribution in [-0.2, 0) is 25.6 Å². The first-order valence-electron chi connectivity index (χ1n) is 27.0. The Bertz CT molecular complexity index is 2100. The number of aliphatic hydroxyl groups is 2. The quantitative estimate of drug-likeness (QED) is 0.0293. The van der Waals surface area contributed by atoms with Crippen molar-refractivity contribution in [1.29, 1.82) is 0 Å². The van der Waals surface area contributed by atoms with Gasteiger partial charge in [-0.1, -0.05) is 101 Å². The van der Waals surface area contributed by atoms with Gasteiger partial charge in [0, 0.05) is 50.6 Å². The summed E-state index contributed by atoms with van der Waals surface area (Å²) in [5.74, 6) is -0.414. The predicted molar refractivity (Wildman–Crippen MR) is 276 cm³/mol. The first kappa shape index (κ1) is 55.2. The zero-order valence-electron chi connectivity index (χ0n) is 42.5. The van der Waals surface area contributed by atoms with Gasteiger partial charge in [0.15, 0.2) is 11.5 Å². The van der Waals surface area contributed by atoms with Crippen molar-refractivity contribution in [3.63, 3.8) is 0 Å². The van der Waals surface area contributed by atoms with E-state index < -0.39 is 36.2 Å². The predicted octanol–water partition coefficient (Wildman–Crippen LogP) is 11.5. The highest BCUT2D eigenvalue weighted by molar-refractivity contribution is 6.18. The fourth-order valence-electron chi connectivity index (χ4n) is 11.3. The van der Waals surface area contributed by atoms with E-state index in [4.69, 9.17) is 54.8 Å². The molecule has 0 spiro atoms. The standard InChI is InChI=1S/C56H80ClN3O12/c1-3-5-6-7-8-9-10-11-12-16-28-58-54(63)70-42-24-26-47-45(36-42)52-43(21-14-18-30-62)41(20-13-17-29-61)35-44-46(59-72-51-22-15-19-32-65-51)37-50(56(71-47,53(44)52)69-31-4-2)60(55(64)66-33-27-57)38-40-23-25-48-49(34-40)68-39-67-48/h4,23-26,34-36,41,43,50-53,61-62H,2-3,5-22,27-33,37-39H2,1H3,(H,58,63). The average molecular weight is 1020 g/mol. The van der Waals surface area contributed by atoms with Gasteiger partial charge in [0.05, 0.1) is 30.7 Å². The molecule has 72 heavy (non-hydrogen) atoms. The number of ether oxygens (including phenoxy) is 7. The summed E-state index contributed by atoms with van der Waals surface area (Å²) in [6.07, 6.45) is 21.3. The van der Waals surface area contributed by atoms with Gasteiger partial charge in [-0.3, -0.25) is 4.90 Å². The molecule has 0 radical (unpaired) electrons. The van der Waals surface area contributed by atoms with Crippen molar-refractivity contribution in [3.05, 3.63) is 71.8 Å². The molecule has 3 N–H and O–H groups in total. The Morgan fingerprint density at radius 1 is 0.917 bits per heavy atom. The maximum Gasteiger partial charge on any atom is 0.412 e. The second kappa shape index (κ2) is 28.8. The Morgan fingerprint density at radius 2 is 1.67 bits per heavy atom. The SMILES string of the molecule is C=CCOC12Oc3ccc(OC(=O)NCCCCCCCCCCCC)cc3C3C(CCCCO)C(CCCCO)C=C(C(=NOC4CCCCO4)CC1N(Cc1ccc4c(c1)OCO4)C(=O)OCCCl)C32. The number of hydrogen-bond donors (Lipinski definition) is 3. The number of fused-ring (bicyclic) bond motifs is 3. The fraction of sp³-hybridized carbons (Fsp3) is 0.661. The number of carbonyl (C=O) groups is 2. The number of nitrogens with zero attached hydrogens (tertiary/aromatic N) is 2. The van der Waals surface area contributed by atoms with Gasteiger partial charge >= 0.3 is 12.2 Å². The van der Waals surface area contributed by atoms with Crippen LogP contribution in [0.25, 0.3) is 0 Å². The summed E-state index contributed by atoms with van der Waals surface area (Å²) in [7, 11) is 0. The molecule has 2 fully saturated rings. The van der Waals surface area contributed by atoms with Gasteiger partial charge in [0.2, 0.25) is 18.9 Å². The first-order valence-corrected chi connectivity index (χ1v) is 27.6. The minimum atomic E-state index is -1.56. The number of nitrogens with one attached hydrogen (secondary N) is 1. The van der Waals surface area contributed by atoms with Crippen LogP contribution in [0.4, 0.5) is 9.59 Å². The Morgan fingerprint density at radius 3 is 2.40 bits per heavy atom. The number of allylic oxidation sites excluding steroid dienone is 1. The first-order chi connectivity index (χ1) is 35.3. The molecule has 2 aromatic carbocycles. The van der Waals surface area contributed by atoms with E-state index in [1.807, 2.05) is 30.3 Å². The van der Waals surface area contributed by atoms with Crippen molar-refractivity contribution < 1.29 is 57.8 Å². The number of benzene rings is 2. The van der Waals surface area contributed by atoms with Crippen molar-refractivity contribution in [2.45, 2.75) is 166 Å². The Hall–Kier alpha value is -4.54. The number of alkyl halides is 1. The molecule has 2 amide bonds. The summed E-state index contributed by atoms with van der Waals surface area (Å²) in [6.45, 7) is 7.70. The fourth-order valence-corrected chi connectivity index (χ4v) is 11.4. The van der Waals surface area contributed by atoms with Gasteiger partial charge in [0.1, 0.15) is 24.1 Å². The van der Waals surface area contributed by atoms with Crippen LogP contribution >= 0.6 is 11.6 Å². The summed E-state index contributed by atoms with van der Waals surface area (Å²) in [5, 5.41) is 28.0. The van der Waals surface area contributed by atoms with Crippen LogP contribution in [0.5, 0.6) is 23.0 Å². The summed E-state index contributed by atoms with van der Waals surface area (Å²) in [6, 6.07) is 10.2. The van der Waals surface area contributed by atoms with Crippen molar-refractivity contribution in [2.75, 3.05) is 52.3 Å². The molecular formula is C56H80ClN3O12. The van der Waals surface area contributed by atoms with E-state index in [1.54, 1.807) is 17.0 Å². The van der Waals surface area contributed by atoms with E-state index in [-0.39, 0.29) is 69.8 Å². The summed E-state index contributed by atoms with van der Waals surface area (Å²) in [5.41, 5.74) is 3.07. The molecule has 2 aliphatic carbocycles. The molecule has 398 valence electrons. The smallest absolute Gasteiger partial charge is 0.412 e. The van der Waals surface area contributed by atoms with E-state index >= 15 is 0 Å². The summed E-state index contributed by atoms with van der Waals surface area (Å²) < 4.78 is 43.9. The summed E-state index contributed by atoms with van der Waals surface area (Å²) in [4.78, 5) is 36.2. The van der Waals surface area contributed by atoms with Gasteiger partial charge in [-0.2, -0.15) is 0 Å². The number of rotatable bonds is 30. The molecule has 2 aromatic rings. The molecule has 1 saturated carbocycles. The Kier molecular flexibility index (Phi) is 22.1. The van der Waals surface area contributed by atoms with Crippen LogP contribution in [0.3, 0.4) is 0 Å². The molecule has 7 rings (SSSR count). The Balaban J connectivity index is 1.28. The molecule has 5 aliphatic rings. The lowest BCUT2D eigenvalue weighted by Crippen LogP contribution is -2.70. The van der Waals surface area contributed by atoms with Crippen LogP contribution in [0.2, 0.25) is 0 Å². The lowest BCUT2D eigenvalue weighted by Gasteiger charge is -2.59. The molecule has 15 nitrogen and oxygen atoms in total. The molecular weight excluding hydrogens is 942 g/mol. The molecule has 7 unspecified atom stereocenters. The third-order valence-electron chi connectivity index (χ3n) is 14.8. The maximum atomic E-state index is 14.8. The largest absolute Gasteiger partial charge is 0.459 e. The van der Waals surface area contributed by atoms with Gasteiger partial charge in [-0.05, 0) is 98.2 Å². The third-order valence-corrected chi connectivity index (χ3v) is 14.9. The molecule has 3 heterocycles.